The maximum atomic E-state index is 12.3. The van der Waals surface area contributed by atoms with Crippen molar-refractivity contribution >= 4 is 35.7 Å². The molecule has 8 heteroatoms. The molecule has 78 valence electrons. The molecule has 14 heavy (non-hydrogen) atoms. The van der Waals surface area contributed by atoms with Crippen molar-refractivity contribution in [3.63, 3.8) is 0 Å². The molecule has 0 aromatic carbocycles. The Morgan fingerprint density at radius 1 is 1.50 bits per heavy atom. The van der Waals surface area contributed by atoms with Crippen molar-refractivity contribution in [2.75, 3.05) is 0 Å². The minimum atomic E-state index is -4.02. The predicted molar refractivity (Wildman–Crippen MR) is 49.9 cm³/mol. The van der Waals surface area contributed by atoms with Gasteiger partial charge in [-0.3, -0.25) is 0 Å². The molecule has 3 nitrogen and oxygen atoms in total. The molecule has 1 aromatic rings. The monoisotopic (exact) mass is 305 g/mol. The van der Waals surface area contributed by atoms with Crippen molar-refractivity contribution in [2.45, 2.75) is 11.3 Å². The summed E-state index contributed by atoms with van der Waals surface area (Å²) in [6.45, 7) is 0. The van der Waals surface area contributed by atoms with Crippen LogP contribution in [0, 0.1) is 0 Å². The molecule has 0 bridgehead atoms. The lowest BCUT2D eigenvalue weighted by atomic mass is 10.3. The topological polar surface area (TPSA) is 47.0 Å². The molecule has 0 unspecified atom stereocenters. The molecule has 0 aliphatic heterocycles. The first-order valence-electron chi connectivity index (χ1n) is 3.20. The van der Waals surface area contributed by atoms with Gasteiger partial charge in [0.15, 0.2) is 0 Å². The van der Waals surface area contributed by atoms with E-state index in [1.54, 1.807) is 0 Å². The zero-order valence-electron chi connectivity index (χ0n) is 6.42. The van der Waals surface area contributed by atoms with Gasteiger partial charge in [0.1, 0.15) is 9.50 Å². The minimum absolute atomic E-state index is 0.100. The van der Waals surface area contributed by atoms with E-state index in [-0.39, 0.29) is 4.60 Å². The zero-order chi connectivity index (χ0) is 10.9. The Bertz CT molecular complexity index is 451. The number of alkyl halides is 2. The normalized spacial score (nSPS) is 12.1. The Hall–Kier alpha value is -0.270. The lowest BCUT2D eigenvalue weighted by Gasteiger charge is -2.03. The summed E-state index contributed by atoms with van der Waals surface area (Å²) >= 11 is 2.77. The van der Waals surface area contributed by atoms with Gasteiger partial charge in [-0.15, -0.1) is 0 Å². The molecular weight excluding hydrogens is 303 g/mol. The summed E-state index contributed by atoms with van der Waals surface area (Å²) < 4.78 is 46.0. The highest BCUT2D eigenvalue weighted by Crippen LogP contribution is 2.28. The fraction of sp³-hybridized carbons (Fsp3) is 0.167. The van der Waals surface area contributed by atoms with Crippen LogP contribution in [0.5, 0.6) is 0 Å². The van der Waals surface area contributed by atoms with E-state index in [1.165, 1.54) is 0 Å². The van der Waals surface area contributed by atoms with E-state index in [4.69, 9.17) is 10.7 Å². The van der Waals surface area contributed by atoms with Crippen molar-refractivity contribution in [2.24, 2.45) is 0 Å². The highest BCUT2D eigenvalue weighted by atomic mass is 79.9. The van der Waals surface area contributed by atoms with E-state index in [0.29, 0.717) is 0 Å². The molecule has 0 fully saturated rings. The second-order valence-electron chi connectivity index (χ2n) is 2.29. The third-order valence-corrected chi connectivity index (χ3v) is 3.34. The molecule has 1 heterocycles. The first-order valence-corrected chi connectivity index (χ1v) is 6.31. The van der Waals surface area contributed by atoms with Crippen molar-refractivity contribution in [3.8, 4) is 0 Å². The lowest BCUT2D eigenvalue weighted by molar-refractivity contribution is 0.149. The van der Waals surface area contributed by atoms with Crippen molar-refractivity contribution in [1.82, 2.24) is 4.98 Å². The zero-order valence-corrected chi connectivity index (χ0v) is 9.57. The quantitative estimate of drug-likeness (QED) is 0.623. The molecule has 0 saturated heterocycles. The Morgan fingerprint density at radius 3 is 2.50 bits per heavy atom. The van der Waals surface area contributed by atoms with E-state index in [1.807, 2.05) is 0 Å². The van der Waals surface area contributed by atoms with Crippen molar-refractivity contribution < 1.29 is 17.2 Å². The summed E-state index contributed by atoms with van der Waals surface area (Å²) in [7, 11) is 0.940. The predicted octanol–water partition coefficient (Wildman–Crippen LogP) is 2.71. The van der Waals surface area contributed by atoms with Crippen LogP contribution in [-0.2, 0) is 9.05 Å². The summed E-state index contributed by atoms with van der Waals surface area (Å²) in [5.74, 6) is 0. The summed E-state index contributed by atoms with van der Waals surface area (Å²) in [5.41, 5.74) is -0.508. The van der Waals surface area contributed by atoms with Gasteiger partial charge < -0.3 is 0 Å². The van der Waals surface area contributed by atoms with Crippen molar-refractivity contribution in [3.05, 3.63) is 22.4 Å². The van der Waals surface area contributed by atoms with Crippen molar-refractivity contribution in [1.29, 1.82) is 0 Å². The number of nitrogens with zero attached hydrogens (tertiary/aromatic N) is 1. The molecule has 0 N–H and O–H groups in total. The van der Waals surface area contributed by atoms with Crippen LogP contribution in [0.25, 0.3) is 0 Å². The molecule has 1 rings (SSSR count). The fourth-order valence-corrected chi connectivity index (χ4v) is 1.82. The summed E-state index contributed by atoms with van der Waals surface area (Å²) in [4.78, 5) is 2.99. The Kier molecular flexibility index (Phi) is 3.44. The van der Waals surface area contributed by atoms with E-state index in [9.17, 15) is 17.2 Å². The maximum absolute atomic E-state index is 12.3. The van der Waals surface area contributed by atoms with Gasteiger partial charge in [-0.2, -0.15) is 0 Å². The number of pyridine rings is 1. The molecule has 0 saturated carbocycles. The Balaban J connectivity index is 3.34. The van der Waals surface area contributed by atoms with Crippen LogP contribution in [-0.4, -0.2) is 13.4 Å². The summed E-state index contributed by atoms with van der Waals surface area (Å²) in [6, 6.07) is 0.782. The van der Waals surface area contributed by atoms with E-state index < -0.39 is 25.9 Å². The second kappa shape index (κ2) is 4.08. The van der Waals surface area contributed by atoms with Crippen LogP contribution in [0.4, 0.5) is 8.78 Å². The smallest absolute Gasteiger partial charge is 0.247 e. The first kappa shape index (κ1) is 11.8. The van der Waals surface area contributed by atoms with Gasteiger partial charge in [-0.25, -0.2) is 22.2 Å². The summed E-state index contributed by atoms with van der Waals surface area (Å²) in [6.07, 6.45) is -1.91. The molecular formula is C6H3BrClF2NO2S. The van der Waals surface area contributed by atoms with Crippen LogP contribution >= 0.6 is 26.6 Å². The number of aromatic nitrogens is 1. The van der Waals surface area contributed by atoms with Gasteiger partial charge in [-0.05, 0) is 22.0 Å². The van der Waals surface area contributed by atoms with Crippen LogP contribution in [0.2, 0.25) is 0 Å². The van der Waals surface area contributed by atoms with E-state index in [0.717, 1.165) is 12.3 Å². The fourth-order valence-electron chi connectivity index (χ4n) is 0.731. The average molecular weight is 307 g/mol. The van der Waals surface area contributed by atoms with Crippen LogP contribution < -0.4 is 0 Å². The molecule has 0 radical (unpaired) electrons. The standard InChI is InChI=1S/C6H3BrClF2NO2S/c7-5-4(6(9)10)1-3(2-11-5)14(8,12)13/h1-2,6H. The van der Waals surface area contributed by atoms with Crippen LogP contribution in [0.3, 0.4) is 0 Å². The van der Waals surface area contributed by atoms with E-state index >= 15 is 0 Å². The van der Waals surface area contributed by atoms with Gasteiger partial charge >= 0.3 is 0 Å². The maximum Gasteiger partial charge on any atom is 0.266 e. The molecule has 0 amide bonds. The molecule has 0 aliphatic carbocycles. The van der Waals surface area contributed by atoms with E-state index in [2.05, 4.69) is 20.9 Å². The first-order chi connectivity index (χ1) is 6.32. The Labute approximate surface area is 91.6 Å². The number of hydrogen-bond donors (Lipinski definition) is 0. The second-order valence-corrected chi connectivity index (χ2v) is 5.61. The third kappa shape index (κ3) is 2.61. The van der Waals surface area contributed by atoms with Crippen LogP contribution in [0.15, 0.2) is 21.8 Å². The highest BCUT2D eigenvalue weighted by molar-refractivity contribution is 9.10. The molecule has 0 spiro atoms. The summed E-state index contributed by atoms with van der Waals surface area (Å²) in [5, 5.41) is 0. The number of halogens is 4. The molecule has 1 aromatic heterocycles. The van der Waals surface area contributed by atoms with Gasteiger partial charge in [0.2, 0.25) is 0 Å². The van der Waals surface area contributed by atoms with Gasteiger partial charge in [0.25, 0.3) is 15.5 Å². The lowest BCUT2D eigenvalue weighted by Crippen LogP contribution is -1.96. The number of rotatable bonds is 2. The van der Waals surface area contributed by atoms with Gasteiger partial charge in [0, 0.05) is 16.9 Å². The minimum Gasteiger partial charge on any atom is -0.247 e. The van der Waals surface area contributed by atoms with Crippen LogP contribution in [0.1, 0.15) is 12.0 Å². The average Bonchev–Trinajstić information content (AvgIpc) is 2.02. The Morgan fingerprint density at radius 2 is 2.07 bits per heavy atom. The van der Waals surface area contributed by atoms with Gasteiger partial charge in [-0.1, -0.05) is 0 Å². The highest BCUT2D eigenvalue weighted by Gasteiger charge is 2.18. The molecule has 0 aliphatic rings. The number of hydrogen-bond acceptors (Lipinski definition) is 3. The SMILES string of the molecule is O=S(=O)(Cl)c1cnc(Br)c(C(F)F)c1. The van der Waals surface area contributed by atoms with Gasteiger partial charge in [0.05, 0.1) is 5.56 Å². The molecule has 0 atom stereocenters. The third-order valence-electron chi connectivity index (χ3n) is 1.36. The largest absolute Gasteiger partial charge is 0.266 e.